The Morgan fingerprint density at radius 3 is 1.42 bits per heavy atom. The van der Waals surface area contributed by atoms with Gasteiger partial charge in [-0.15, -0.1) is 0 Å². The van der Waals surface area contributed by atoms with Crippen LogP contribution in [0.2, 0.25) is 0 Å². The van der Waals surface area contributed by atoms with Crippen LogP contribution in [0.3, 0.4) is 0 Å². The molecule has 4 aliphatic rings. The fourth-order valence-electron chi connectivity index (χ4n) is 4.53. The van der Waals surface area contributed by atoms with E-state index in [4.69, 9.17) is 27.7 Å². The molecule has 4 heterocycles. The van der Waals surface area contributed by atoms with Gasteiger partial charge in [0.2, 0.25) is 0 Å². The molecule has 18 heteroatoms. The summed E-state index contributed by atoms with van der Waals surface area (Å²) in [4.78, 5) is 42.9. The molecule has 6 atom stereocenters. The number of rotatable bonds is 10. The first-order valence-corrected chi connectivity index (χ1v) is 15.2. The number of carbonyl (C=O) groups excluding carboxylic acids is 2. The quantitative estimate of drug-likeness (QED) is 0.0625. The molecule has 4 amide bonds. The summed E-state index contributed by atoms with van der Waals surface area (Å²) < 4.78 is 34.1. The van der Waals surface area contributed by atoms with Crippen molar-refractivity contribution in [1.82, 2.24) is 21.3 Å². The van der Waals surface area contributed by atoms with E-state index in [-0.39, 0.29) is 72.1 Å². The molecular weight excluding hydrogens is 577 g/mol. The maximum Gasteiger partial charge on any atom is 2.00 e. The molecule has 38 heavy (non-hydrogen) atoms. The van der Waals surface area contributed by atoms with Gasteiger partial charge < -0.3 is 40.6 Å². The van der Waals surface area contributed by atoms with Crippen LogP contribution in [0.5, 0.6) is 0 Å². The summed E-state index contributed by atoms with van der Waals surface area (Å²) in [7, 11) is -5.17. The number of aliphatic carboxylic acids is 2. The van der Waals surface area contributed by atoms with Crippen molar-refractivity contribution in [2.45, 2.75) is 86.0 Å². The Kier molecular flexibility index (Phi) is 15.4. The number of hydrogen-bond donors (Lipinski definition) is 6. The second-order valence-electron chi connectivity index (χ2n) is 8.93. The fourth-order valence-corrected chi connectivity index (χ4v) is 7.62. The predicted octanol–water partition coefficient (Wildman–Crippen LogP) is -0.125. The number of fused-ring (bicyclic) bond motifs is 2. The summed E-state index contributed by atoms with van der Waals surface area (Å²) in [6.45, 7) is 0. The van der Waals surface area contributed by atoms with Gasteiger partial charge in [-0.05, 0) is 25.7 Å². The third-order valence-corrected chi connectivity index (χ3v) is 9.15. The third-order valence-electron chi connectivity index (χ3n) is 6.13. The summed E-state index contributed by atoms with van der Waals surface area (Å²) >= 11 is 3.74. The molecule has 4 fully saturated rings. The van der Waals surface area contributed by atoms with Crippen LogP contribution in [-0.2, 0) is 20.0 Å². The van der Waals surface area contributed by atoms with E-state index in [0.717, 1.165) is 50.0 Å². The number of nitrogens with one attached hydrogen (secondary N) is 4. The molecule has 0 aliphatic carbocycles. The number of amides is 4. The van der Waals surface area contributed by atoms with E-state index in [1.165, 1.54) is 0 Å². The van der Waals surface area contributed by atoms with Crippen LogP contribution >= 0.6 is 23.5 Å². The molecule has 14 nitrogen and oxygen atoms in total. The monoisotopic (exact) mass is 608 g/mol. The topological polar surface area (TPSA) is 237 Å². The van der Waals surface area contributed by atoms with E-state index < -0.39 is 22.3 Å². The Morgan fingerprint density at radius 1 is 0.763 bits per heavy atom. The Balaban J connectivity index is 0.000000317. The minimum atomic E-state index is -5.17. The minimum Gasteiger partial charge on any atom is -0.759 e. The zero-order chi connectivity index (χ0) is 27.6. The van der Waals surface area contributed by atoms with Crippen molar-refractivity contribution >= 4 is 81.0 Å². The SMILES string of the molecule is O=C(O)CCCC[C@@H]1SC[C@@H]2NC(=O)N[C@@H]21.O=C(O)CCCC[C@@H]1SC[C@@H]2NC(=O)N[C@@H]21.O=S(=O)([O-])[O-].[Mg+2]. The zero-order valence-corrected chi connectivity index (χ0v) is 24.5. The van der Waals surface area contributed by atoms with Crippen LogP contribution in [-0.4, -0.2) is 121 Å². The normalized spacial score (nSPS) is 28.5. The van der Waals surface area contributed by atoms with Crippen molar-refractivity contribution in [1.29, 1.82) is 0 Å². The van der Waals surface area contributed by atoms with Crippen LogP contribution in [0.1, 0.15) is 51.4 Å². The Bertz CT molecular complexity index is 863. The largest absolute Gasteiger partial charge is 2.00 e. The van der Waals surface area contributed by atoms with Gasteiger partial charge in [-0.1, -0.05) is 12.8 Å². The number of unbranched alkanes of at least 4 members (excludes halogenated alkanes) is 2. The van der Waals surface area contributed by atoms with Gasteiger partial charge in [0.25, 0.3) is 0 Å². The van der Waals surface area contributed by atoms with Gasteiger partial charge in [0, 0.05) is 45.2 Å². The van der Waals surface area contributed by atoms with Crippen LogP contribution < -0.4 is 21.3 Å². The number of thioether (sulfide) groups is 2. The zero-order valence-electron chi connectivity index (χ0n) is 20.6. The molecule has 6 N–H and O–H groups in total. The van der Waals surface area contributed by atoms with Gasteiger partial charge in [-0.3, -0.25) is 18.0 Å². The summed E-state index contributed by atoms with van der Waals surface area (Å²) in [5, 5.41) is 29.6. The number of carboxylic acid groups (broad SMARTS) is 2. The van der Waals surface area contributed by atoms with Gasteiger partial charge >= 0.3 is 47.1 Å². The number of carbonyl (C=O) groups is 4. The van der Waals surface area contributed by atoms with Gasteiger partial charge in [-0.25, -0.2) is 9.59 Å². The molecule has 212 valence electrons. The molecule has 0 spiro atoms. The molecule has 0 aromatic rings. The van der Waals surface area contributed by atoms with Gasteiger partial charge in [0.1, 0.15) is 0 Å². The predicted molar refractivity (Wildman–Crippen MR) is 139 cm³/mol. The van der Waals surface area contributed by atoms with E-state index in [2.05, 4.69) is 21.3 Å². The maximum atomic E-state index is 11.1. The molecule has 0 bridgehead atoms. The van der Waals surface area contributed by atoms with Crippen molar-refractivity contribution in [3.63, 3.8) is 0 Å². The van der Waals surface area contributed by atoms with Crippen LogP contribution in [0, 0.1) is 0 Å². The van der Waals surface area contributed by atoms with Gasteiger partial charge in [0.05, 0.1) is 24.2 Å². The second kappa shape index (κ2) is 16.8. The summed E-state index contributed by atoms with van der Waals surface area (Å²) in [6.07, 6.45) is 5.76. The number of carboxylic acids is 2. The van der Waals surface area contributed by atoms with Gasteiger partial charge in [-0.2, -0.15) is 23.5 Å². The number of urea groups is 2. The molecule has 4 aliphatic heterocycles. The molecule has 0 unspecified atom stereocenters. The average molecular weight is 609 g/mol. The molecule has 0 saturated carbocycles. The Hall–Kier alpha value is -1.18. The second-order valence-corrected chi connectivity index (χ2v) is 12.3. The maximum absolute atomic E-state index is 11.1. The fraction of sp³-hybridized carbons (Fsp3) is 0.800. The first kappa shape index (κ1) is 34.8. The summed E-state index contributed by atoms with van der Waals surface area (Å²) in [5.74, 6) is 0.473. The van der Waals surface area contributed by atoms with Gasteiger partial charge in [0.15, 0.2) is 0 Å². The molecule has 0 aromatic carbocycles. The first-order valence-electron chi connectivity index (χ1n) is 11.8. The van der Waals surface area contributed by atoms with Crippen molar-refractivity contribution < 1.29 is 46.9 Å². The smallest absolute Gasteiger partial charge is 0.759 e. The molecule has 0 aromatic heterocycles. The molecule has 4 rings (SSSR count). The van der Waals surface area contributed by atoms with Crippen LogP contribution in [0.15, 0.2) is 0 Å². The molecule has 4 saturated heterocycles. The average Bonchev–Trinajstić information content (AvgIpc) is 3.50. The summed E-state index contributed by atoms with van der Waals surface area (Å²) in [6, 6.07) is 0.880. The standard InChI is InChI=1S/2C10H16N2O3S.Mg.H2O4S/c2*13-8(14)4-2-1-3-7-9-6(5-16-7)11-10(15)12-9;;1-5(2,3)4/h2*6-7,9H,1-5H2,(H,13,14)(H2,11,12,15);;(H2,1,2,3,4)/q;;+2;/p-2/t2*6-,7-,9-;;/m00../s1. The molecule has 0 radical (unpaired) electrons. The van der Waals surface area contributed by atoms with Crippen LogP contribution in [0.25, 0.3) is 0 Å². The van der Waals surface area contributed by atoms with Crippen molar-refractivity contribution in [2.24, 2.45) is 0 Å². The van der Waals surface area contributed by atoms with E-state index in [9.17, 15) is 19.2 Å². The minimum absolute atomic E-state index is 0. The van der Waals surface area contributed by atoms with E-state index in [0.29, 0.717) is 10.5 Å². The van der Waals surface area contributed by atoms with Crippen molar-refractivity contribution in [3.05, 3.63) is 0 Å². The van der Waals surface area contributed by atoms with E-state index in [1.54, 1.807) is 0 Å². The Labute approximate surface area is 245 Å². The molecular formula is C20H32MgN4O10S3. The first-order chi connectivity index (χ1) is 17.3. The van der Waals surface area contributed by atoms with Crippen LogP contribution in [0.4, 0.5) is 9.59 Å². The van der Waals surface area contributed by atoms with Crippen molar-refractivity contribution in [3.8, 4) is 0 Å². The Morgan fingerprint density at radius 2 is 1.11 bits per heavy atom. The van der Waals surface area contributed by atoms with E-state index in [1.807, 2.05) is 23.5 Å². The number of hydrogen-bond acceptors (Lipinski definition) is 10. The third kappa shape index (κ3) is 13.2. The van der Waals surface area contributed by atoms with Crippen molar-refractivity contribution in [2.75, 3.05) is 11.5 Å². The van der Waals surface area contributed by atoms with E-state index >= 15 is 0 Å². The summed E-state index contributed by atoms with van der Waals surface area (Å²) in [5.41, 5.74) is 0.